The van der Waals surface area contributed by atoms with Gasteiger partial charge in [-0.15, -0.1) is 11.8 Å². The van der Waals surface area contributed by atoms with E-state index in [0.717, 1.165) is 50.5 Å². The van der Waals surface area contributed by atoms with Crippen molar-refractivity contribution in [2.75, 3.05) is 41.4 Å². The highest BCUT2D eigenvalue weighted by Gasteiger charge is 2.48. The third kappa shape index (κ3) is 21.3. The van der Waals surface area contributed by atoms with Crippen LogP contribution in [0.1, 0.15) is 228 Å². The summed E-state index contributed by atoms with van der Waals surface area (Å²) >= 11 is 1.81. The molecule has 2 aliphatic heterocycles. The van der Waals surface area contributed by atoms with E-state index in [2.05, 4.69) is 31.4 Å². The number of amides is 7. The topological polar surface area (TPSA) is 212 Å². The van der Waals surface area contributed by atoms with Crippen molar-refractivity contribution in [2.45, 2.75) is 282 Å². The summed E-state index contributed by atoms with van der Waals surface area (Å²) in [5, 5.41) is 15.7. The van der Waals surface area contributed by atoms with Gasteiger partial charge in [-0.2, -0.15) is 0 Å². The minimum Gasteiger partial charge on any atom is -0.480 e. The molecule has 2 saturated heterocycles. The number of nitrogens with one attached hydrogen (secondary N) is 2. The molecule has 0 aromatic heterocycles. The van der Waals surface area contributed by atoms with E-state index in [0.29, 0.717) is 57.5 Å². The predicted octanol–water partition coefficient (Wildman–Crippen LogP) is 11.2. The summed E-state index contributed by atoms with van der Waals surface area (Å²) in [5.41, 5.74) is 2.00. The van der Waals surface area contributed by atoms with Gasteiger partial charge in [-0.1, -0.05) is 164 Å². The average Bonchev–Trinajstić information content (AvgIpc) is 2.26. The van der Waals surface area contributed by atoms with E-state index in [1.807, 2.05) is 65.8 Å². The second-order valence-electron chi connectivity index (χ2n) is 26.5. The largest absolute Gasteiger partial charge is 0.480 e. The number of aliphatic carboxylic acids is 1. The number of rotatable bonds is 39. The Morgan fingerprint density at radius 2 is 1.37 bits per heavy atom. The van der Waals surface area contributed by atoms with E-state index in [1.165, 1.54) is 80.9 Å². The zero-order chi connectivity index (χ0) is 64.5. The van der Waals surface area contributed by atoms with E-state index in [-0.39, 0.29) is 83.0 Å². The number of unbranched alkanes of at least 4 members (excludes halogenated alkanes) is 5. The number of carbonyl (C=O) groups excluding carboxylic acids is 7. The number of likely N-dealkylation sites (N-methyl/N-ethyl adjacent to an activating group) is 2. The molecule has 1 unspecified atom stereocenters. The third-order valence-corrected chi connectivity index (χ3v) is 21.3. The zero-order valence-electron chi connectivity index (χ0n) is 56.1. The number of methoxy groups -OCH3 is 2. The molecule has 3 N–H and O–H groups in total. The Hall–Kier alpha value is -4.55. The molecule has 0 radical (unpaired) electrons. The Kier molecular flexibility index (Phi) is 32.4. The smallest absolute Gasteiger partial charge is 0.326 e. The third-order valence-electron chi connectivity index (χ3n) is 19.4. The van der Waals surface area contributed by atoms with Crippen LogP contribution in [-0.4, -0.2) is 166 Å². The highest BCUT2D eigenvalue weighted by atomic mass is 32.2. The van der Waals surface area contributed by atoms with E-state index >= 15 is 0 Å². The standard InChI is InChI=1S/C69H116N6O11S/c1-15-19-20-24-30-50-35-37-51(38-36-50)43-53(68(83)84)70-64(79)49(10)63(86-14)54-33-29-42-74(54)58(77)44-55(85-13)62(48(9)18-4)73(12)67(82)60(46(5)6)71-65(80)61(47(7)8)72(11)57(76)34-27-23-28-41-75-59(78)45-56(66(75)81)87-69(39-16-2,40-17-3)52-31-25-21-22-26-32-52/h35-38,46-49,52-56,60-63H,15-34,39-45H2,1-14H3,(H,70,79)(H,71,80)(H,83,84)/t48-,49+,53+,54-,55+,56?,60-,61-,62-,63+/m0/s1. The van der Waals surface area contributed by atoms with Gasteiger partial charge in [0.05, 0.1) is 41.9 Å². The summed E-state index contributed by atoms with van der Waals surface area (Å²) in [7, 11) is 6.32. The molecule has 1 aromatic rings. The molecule has 1 aromatic carbocycles. The quantitative estimate of drug-likeness (QED) is 0.0319. The lowest BCUT2D eigenvalue weighted by Gasteiger charge is -2.42. The van der Waals surface area contributed by atoms with Crippen molar-refractivity contribution in [1.29, 1.82) is 0 Å². The predicted molar refractivity (Wildman–Crippen MR) is 347 cm³/mol. The minimum absolute atomic E-state index is 0.0126. The molecule has 10 atom stereocenters. The van der Waals surface area contributed by atoms with Gasteiger partial charge in [0.15, 0.2) is 0 Å². The molecule has 0 bridgehead atoms. The zero-order valence-corrected chi connectivity index (χ0v) is 57.0. The average molecular weight is 1240 g/mol. The van der Waals surface area contributed by atoms with Crippen molar-refractivity contribution in [3.05, 3.63) is 35.4 Å². The number of hydrogen-bond acceptors (Lipinski definition) is 11. The summed E-state index contributed by atoms with van der Waals surface area (Å²) in [6.45, 7) is 20.5. The molecule has 1 saturated carbocycles. The van der Waals surface area contributed by atoms with Crippen molar-refractivity contribution in [2.24, 2.45) is 29.6 Å². The summed E-state index contributed by atoms with van der Waals surface area (Å²) in [4.78, 5) is 118. The molecule has 2 heterocycles. The molecule has 7 amide bonds. The lowest BCUT2D eigenvalue weighted by Crippen LogP contribution is -2.60. The molecule has 18 heteroatoms. The van der Waals surface area contributed by atoms with Crippen LogP contribution in [0.3, 0.4) is 0 Å². The van der Waals surface area contributed by atoms with Gasteiger partial charge in [0.2, 0.25) is 41.4 Å². The van der Waals surface area contributed by atoms with Crippen LogP contribution < -0.4 is 10.6 Å². The van der Waals surface area contributed by atoms with Crippen LogP contribution in [0.25, 0.3) is 0 Å². The molecule has 87 heavy (non-hydrogen) atoms. The fourth-order valence-corrected chi connectivity index (χ4v) is 16.3. The number of thioether (sulfide) groups is 1. The van der Waals surface area contributed by atoms with Gasteiger partial charge in [-0.05, 0) is 99.0 Å². The first-order valence-electron chi connectivity index (χ1n) is 33.8. The molecule has 1 aliphatic carbocycles. The Morgan fingerprint density at radius 3 is 1.93 bits per heavy atom. The number of hydrogen-bond donors (Lipinski definition) is 3. The Bertz CT molecular complexity index is 2320. The van der Waals surface area contributed by atoms with Gasteiger partial charge in [-0.3, -0.25) is 38.5 Å². The van der Waals surface area contributed by atoms with E-state index in [4.69, 9.17) is 9.47 Å². The normalized spacial score (nSPS) is 19.7. The highest BCUT2D eigenvalue weighted by Crippen LogP contribution is 2.50. The number of likely N-dealkylation sites (tertiary alicyclic amines) is 2. The van der Waals surface area contributed by atoms with Crippen molar-refractivity contribution < 1.29 is 52.9 Å². The fourth-order valence-electron chi connectivity index (χ4n) is 14.3. The van der Waals surface area contributed by atoms with E-state index < -0.39 is 66.1 Å². The number of ether oxygens (including phenoxy) is 2. The molecule has 494 valence electrons. The van der Waals surface area contributed by atoms with Gasteiger partial charge in [0.1, 0.15) is 18.1 Å². The maximum absolute atomic E-state index is 14.8. The number of aryl methyl sites for hydroxylation is 1. The van der Waals surface area contributed by atoms with Crippen LogP contribution in [0.5, 0.6) is 0 Å². The van der Waals surface area contributed by atoms with Crippen LogP contribution in [0.4, 0.5) is 0 Å². The summed E-state index contributed by atoms with van der Waals surface area (Å²) in [6.07, 6.45) is 19.8. The number of carboxylic acid groups (broad SMARTS) is 1. The Labute approximate surface area is 528 Å². The van der Waals surface area contributed by atoms with Gasteiger partial charge in [-0.25, -0.2) is 4.79 Å². The molecule has 3 aliphatic rings. The second-order valence-corrected chi connectivity index (χ2v) is 28.1. The maximum Gasteiger partial charge on any atom is 0.326 e. The van der Waals surface area contributed by atoms with Crippen molar-refractivity contribution in [3.63, 3.8) is 0 Å². The van der Waals surface area contributed by atoms with Crippen molar-refractivity contribution in [3.8, 4) is 0 Å². The second kappa shape index (κ2) is 37.6. The lowest BCUT2D eigenvalue weighted by atomic mass is 9.79. The number of imide groups is 1. The van der Waals surface area contributed by atoms with Gasteiger partial charge in [0, 0.05) is 65.4 Å². The van der Waals surface area contributed by atoms with Crippen LogP contribution in [0, 0.1) is 29.6 Å². The number of benzene rings is 1. The number of carbonyl (C=O) groups is 8. The fraction of sp³-hybridized carbons (Fsp3) is 0.797. The van der Waals surface area contributed by atoms with Crippen LogP contribution in [-0.2, 0) is 60.7 Å². The Morgan fingerprint density at radius 1 is 0.736 bits per heavy atom. The first-order chi connectivity index (χ1) is 41.4. The van der Waals surface area contributed by atoms with Gasteiger partial charge >= 0.3 is 5.97 Å². The molecule has 0 spiro atoms. The maximum atomic E-state index is 14.8. The summed E-state index contributed by atoms with van der Waals surface area (Å²) in [5.74, 6) is -4.09. The van der Waals surface area contributed by atoms with Gasteiger partial charge in [0.25, 0.3) is 0 Å². The van der Waals surface area contributed by atoms with E-state index in [1.54, 1.807) is 42.6 Å². The molecule has 17 nitrogen and oxygen atoms in total. The van der Waals surface area contributed by atoms with Crippen molar-refractivity contribution in [1.82, 2.24) is 30.2 Å². The number of carboxylic acids is 1. The minimum atomic E-state index is -1.17. The van der Waals surface area contributed by atoms with E-state index in [9.17, 15) is 43.5 Å². The van der Waals surface area contributed by atoms with Crippen LogP contribution >= 0.6 is 11.8 Å². The molecule has 3 fully saturated rings. The first-order valence-corrected chi connectivity index (χ1v) is 34.6. The molecule has 4 rings (SSSR count). The van der Waals surface area contributed by atoms with Gasteiger partial charge < -0.3 is 39.9 Å². The lowest BCUT2D eigenvalue weighted by molar-refractivity contribution is -0.149. The summed E-state index contributed by atoms with van der Waals surface area (Å²) < 4.78 is 12.1. The molecular formula is C69H116N6O11S. The summed E-state index contributed by atoms with van der Waals surface area (Å²) in [6, 6.07) is 3.80. The van der Waals surface area contributed by atoms with Crippen LogP contribution in [0.2, 0.25) is 0 Å². The number of nitrogens with zero attached hydrogens (tertiary/aromatic N) is 4. The van der Waals surface area contributed by atoms with Crippen molar-refractivity contribution >= 4 is 59.1 Å². The Balaban J connectivity index is 1.36. The SMILES string of the molecule is CCCCCCc1ccc(C[C@@H](NC(=O)[C@H](C)[C@@H](OC)[C@@H]2CCCN2C(=O)C[C@@H](OC)[C@H]([C@@H](C)CC)N(C)C(=O)[C@@H](NC(=O)[C@H](C(C)C)N(C)C(=O)CCCCCN2C(=O)CC(SC(CCC)(CCC)C3CCCCCC3)C2=O)C(C)C)C(=O)O)cc1. The highest BCUT2D eigenvalue weighted by molar-refractivity contribution is 8.02. The monoisotopic (exact) mass is 1240 g/mol. The molecular weight excluding hydrogens is 1120 g/mol. The van der Waals surface area contributed by atoms with Crippen LogP contribution in [0.15, 0.2) is 24.3 Å². The first kappa shape index (κ1) is 74.9.